The lowest BCUT2D eigenvalue weighted by Gasteiger charge is -2.34. The molecule has 1 fully saturated rings. The van der Waals surface area contributed by atoms with Crippen molar-refractivity contribution in [2.24, 2.45) is 0 Å². The van der Waals surface area contributed by atoms with Gasteiger partial charge >= 0.3 is 0 Å². The van der Waals surface area contributed by atoms with Gasteiger partial charge in [0.15, 0.2) is 0 Å². The Morgan fingerprint density at radius 3 is 2.73 bits per heavy atom. The zero-order chi connectivity index (χ0) is 19.3. The molecule has 0 radical (unpaired) electrons. The predicted molar refractivity (Wildman–Crippen MR) is 98.7 cm³/mol. The molecule has 1 heterocycles. The summed E-state index contributed by atoms with van der Waals surface area (Å²) in [6.45, 7) is 1.92. The van der Waals surface area contributed by atoms with Crippen molar-refractivity contribution >= 4 is 28.9 Å². The van der Waals surface area contributed by atoms with E-state index in [9.17, 15) is 20.2 Å². The molecule has 1 aromatic rings. The number of nitrogens with zero attached hydrogens (tertiary/aromatic N) is 4. The molecule has 8 nitrogen and oxygen atoms in total. The average Bonchev–Trinajstić information content (AvgIpc) is 2.61. The SMILES string of the molecule is CN1CCC(N(C)/C=C(/C#N)C(=O)Nc2cc([N+](=O)[O-])ccc2Cl)CC1. The van der Waals surface area contributed by atoms with Gasteiger partial charge in [-0.1, -0.05) is 11.6 Å². The summed E-state index contributed by atoms with van der Waals surface area (Å²) in [5.41, 5.74) is -0.196. The maximum Gasteiger partial charge on any atom is 0.271 e. The first-order valence-corrected chi connectivity index (χ1v) is 8.47. The van der Waals surface area contributed by atoms with Crippen molar-refractivity contribution in [1.29, 1.82) is 5.26 Å². The highest BCUT2D eigenvalue weighted by molar-refractivity contribution is 6.34. The predicted octanol–water partition coefficient (Wildman–Crippen LogP) is 2.62. The van der Waals surface area contributed by atoms with Gasteiger partial charge in [0.05, 0.1) is 15.6 Å². The number of nitrogens with one attached hydrogen (secondary N) is 1. The van der Waals surface area contributed by atoms with Crippen LogP contribution in [0.5, 0.6) is 0 Å². The first-order valence-electron chi connectivity index (χ1n) is 8.09. The highest BCUT2D eigenvalue weighted by Crippen LogP contribution is 2.27. The molecule has 2 rings (SSSR count). The number of anilines is 1. The van der Waals surface area contributed by atoms with Crippen molar-refractivity contribution in [2.45, 2.75) is 18.9 Å². The second-order valence-corrected chi connectivity index (χ2v) is 6.64. The van der Waals surface area contributed by atoms with E-state index in [4.69, 9.17) is 11.6 Å². The van der Waals surface area contributed by atoms with Gasteiger partial charge in [-0.2, -0.15) is 5.26 Å². The Morgan fingerprint density at radius 2 is 2.15 bits per heavy atom. The third-order valence-corrected chi connectivity index (χ3v) is 4.70. The molecule has 0 atom stereocenters. The van der Waals surface area contributed by atoms with Crippen LogP contribution in [-0.2, 0) is 4.79 Å². The Kier molecular flexibility index (Phi) is 6.55. The number of nitriles is 1. The fourth-order valence-corrected chi connectivity index (χ4v) is 2.93. The topological polar surface area (TPSA) is 103 Å². The molecule has 26 heavy (non-hydrogen) atoms. The van der Waals surface area contributed by atoms with E-state index in [0.717, 1.165) is 32.0 Å². The van der Waals surface area contributed by atoms with Crippen LogP contribution in [0.15, 0.2) is 30.0 Å². The number of benzene rings is 1. The van der Waals surface area contributed by atoms with E-state index < -0.39 is 10.8 Å². The van der Waals surface area contributed by atoms with Crippen molar-refractivity contribution in [3.63, 3.8) is 0 Å². The van der Waals surface area contributed by atoms with E-state index in [1.54, 1.807) is 0 Å². The van der Waals surface area contributed by atoms with Gasteiger partial charge in [-0.15, -0.1) is 0 Å². The zero-order valence-corrected chi connectivity index (χ0v) is 15.4. The smallest absolute Gasteiger partial charge is 0.271 e. The number of hydrogen-bond acceptors (Lipinski definition) is 6. The van der Waals surface area contributed by atoms with Crippen LogP contribution in [0.2, 0.25) is 5.02 Å². The van der Waals surface area contributed by atoms with Crippen LogP contribution in [0.1, 0.15) is 12.8 Å². The quantitative estimate of drug-likeness (QED) is 0.366. The Balaban J connectivity index is 2.12. The average molecular weight is 378 g/mol. The fourth-order valence-electron chi connectivity index (χ4n) is 2.76. The number of halogens is 1. The van der Waals surface area contributed by atoms with Crippen LogP contribution in [0, 0.1) is 21.4 Å². The van der Waals surface area contributed by atoms with Gasteiger partial charge in [0.2, 0.25) is 0 Å². The first-order chi connectivity index (χ1) is 12.3. The maximum atomic E-state index is 12.4. The van der Waals surface area contributed by atoms with Crippen LogP contribution >= 0.6 is 11.6 Å². The summed E-state index contributed by atoms with van der Waals surface area (Å²) in [6, 6.07) is 5.87. The van der Waals surface area contributed by atoms with Crippen molar-refractivity contribution in [3.8, 4) is 6.07 Å². The van der Waals surface area contributed by atoms with Gasteiger partial charge in [-0.25, -0.2) is 0 Å². The molecule has 1 amide bonds. The number of carbonyl (C=O) groups excluding carboxylic acids is 1. The third-order valence-electron chi connectivity index (χ3n) is 4.37. The lowest BCUT2D eigenvalue weighted by atomic mass is 10.0. The molecule has 0 unspecified atom stereocenters. The van der Waals surface area contributed by atoms with E-state index >= 15 is 0 Å². The van der Waals surface area contributed by atoms with E-state index in [-0.39, 0.29) is 28.0 Å². The molecule has 1 aliphatic rings. The summed E-state index contributed by atoms with van der Waals surface area (Å²) in [7, 11) is 3.89. The van der Waals surface area contributed by atoms with Crippen molar-refractivity contribution in [2.75, 3.05) is 32.5 Å². The fraction of sp³-hybridized carbons (Fsp3) is 0.412. The summed E-state index contributed by atoms with van der Waals surface area (Å²) >= 11 is 5.98. The van der Waals surface area contributed by atoms with Crippen molar-refractivity contribution < 1.29 is 9.72 Å². The number of piperidine rings is 1. The van der Waals surface area contributed by atoms with Gasteiger partial charge in [-0.3, -0.25) is 14.9 Å². The van der Waals surface area contributed by atoms with Crippen LogP contribution in [0.25, 0.3) is 0 Å². The van der Waals surface area contributed by atoms with Crippen LogP contribution < -0.4 is 5.32 Å². The van der Waals surface area contributed by atoms with Crippen molar-refractivity contribution in [1.82, 2.24) is 9.80 Å². The highest BCUT2D eigenvalue weighted by atomic mass is 35.5. The van der Waals surface area contributed by atoms with Gasteiger partial charge < -0.3 is 15.1 Å². The molecule has 9 heteroatoms. The van der Waals surface area contributed by atoms with Gasteiger partial charge in [-0.05, 0) is 39.0 Å². The number of non-ortho nitro benzene ring substituents is 1. The first kappa shape index (κ1) is 19.7. The van der Waals surface area contributed by atoms with Crippen LogP contribution in [-0.4, -0.2) is 53.9 Å². The molecule has 0 saturated carbocycles. The number of hydrogen-bond donors (Lipinski definition) is 1. The van der Waals surface area contributed by atoms with E-state index in [1.807, 2.05) is 18.0 Å². The third kappa shape index (κ3) is 4.94. The van der Waals surface area contributed by atoms with E-state index in [1.165, 1.54) is 18.3 Å². The number of nitro groups is 1. The molecule has 1 N–H and O–H groups in total. The monoisotopic (exact) mass is 377 g/mol. The second kappa shape index (κ2) is 8.65. The highest BCUT2D eigenvalue weighted by Gasteiger charge is 2.21. The minimum absolute atomic E-state index is 0.0889. The van der Waals surface area contributed by atoms with Crippen molar-refractivity contribution in [3.05, 3.63) is 45.1 Å². The lowest BCUT2D eigenvalue weighted by Crippen LogP contribution is -2.40. The minimum atomic E-state index is -0.658. The largest absolute Gasteiger partial charge is 0.376 e. The number of carbonyl (C=O) groups is 1. The standard InChI is InChI=1S/C17H20ClN5O3/c1-21-7-5-13(6-8-21)22(2)11-12(10-19)17(24)20-16-9-14(23(25)26)3-4-15(16)18/h3-4,9,11,13H,5-8H2,1-2H3,(H,20,24)/b12-11-. The molecular formula is C17H20ClN5O3. The van der Waals surface area contributed by atoms with E-state index in [0.29, 0.717) is 0 Å². The molecule has 0 bridgehead atoms. The summed E-state index contributed by atoms with van der Waals surface area (Å²) in [4.78, 5) is 26.8. The number of amides is 1. The molecule has 0 aliphatic carbocycles. The van der Waals surface area contributed by atoms with Gasteiger partial charge in [0.1, 0.15) is 11.6 Å². The lowest BCUT2D eigenvalue weighted by molar-refractivity contribution is -0.384. The summed E-state index contributed by atoms with van der Waals surface area (Å²) in [6.07, 6.45) is 3.40. The number of likely N-dealkylation sites (tertiary alicyclic amines) is 1. The summed E-state index contributed by atoms with van der Waals surface area (Å²) < 4.78 is 0. The van der Waals surface area contributed by atoms with Gasteiger partial charge in [0.25, 0.3) is 11.6 Å². The Bertz CT molecular complexity index is 766. The van der Waals surface area contributed by atoms with Gasteiger partial charge in [0, 0.05) is 31.4 Å². The maximum absolute atomic E-state index is 12.4. The molecule has 0 aromatic heterocycles. The molecule has 1 aromatic carbocycles. The molecule has 0 spiro atoms. The Hall–Kier alpha value is -2.63. The number of rotatable bonds is 5. The second-order valence-electron chi connectivity index (χ2n) is 6.23. The van der Waals surface area contributed by atoms with Crippen LogP contribution in [0.3, 0.4) is 0 Å². The van der Waals surface area contributed by atoms with E-state index in [2.05, 4.69) is 17.3 Å². The molecule has 1 saturated heterocycles. The molecular weight excluding hydrogens is 358 g/mol. The van der Waals surface area contributed by atoms with Crippen LogP contribution in [0.4, 0.5) is 11.4 Å². The summed E-state index contributed by atoms with van der Waals surface area (Å²) in [5.74, 6) is -0.658. The Morgan fingerprint density at radius 1 is 1.50 bits per heavy atom. The molecule has 138 valence electrons. The number of nitro benzene ring substituents is 1. The zero-order valence-electron chi connectivity index (χ0n) is 14.6. The normalized spacial score (nSPS) is 16.0. The summed E-state index contributed by atoms with van der Waals surface area (Å²) in [5, 5.41) is 22.8. The molecule has 1 aliphatic heterocycles. The Labute approximate surface area is 156 Å². The minimum Gasteiger partial charge on any atom is -0.376 e.